The van der Waals surface area contributed by atoms with Gasteiger partial charge in [-0.05, 0) is 40.8 Å². The monoisotopic (exact) mass is 461 g/mol. The highest BCUT2D eigenvalue weighted by Crippen LogP contribution is 2.29. The molecule has 0 spiro atoms. The molecule has 0 aliphatic rings. The SMILES string of the molecule is CC(C)(C)c1ccc(C(=O)Nc2nnc(SCc3ccc(Br)cc3)s2)cc1. The van der Waals surface area contributed by atoms with Crippen LogP contribution in [0.4, 0.5) is 5.13 Å². The predicted octanol–water partition coefficient (Wildman–Crippen LogP) is 6.14. The van der Waals surface area contributed by atoms with E-state index in [2.05, 4.69) is 64.3 Å². The van der Waals surface area contributed by atoms with E-state index < -0.39 is 0 Å². The molecule has 27 heavy (non-hydrogen) atoms. The van der Waals surface area contributed by atoms with Crippen LogP contribution in [0.25, 0.3) is 0 Å². The molecular weight excluding hydrogens is 442 g/mol. The van der Waals surface area contributed by atoms with Crippen LogP contribution in [0, 0.1) is 0 Å². The van der Waals surface area contributed by atoms with Gasteiger partial charge in [-0.2, -0.15) is 0 Å². The van der Waals surface area contributed by atoms with Gasteiger partial charge in [-0.3, -0.25) is 10.1 Å². The number of hydrogen-bond donors (Lipinski definition) is 1. The molecule has 1 N–H and O–H groups in total. The molecule has 140 valence electrons. The molecule has 1 amide bonds. The number of nitrogens with zero attached hydrogens (tertiary/aromatic N) is 2. The van der Waals surface area contributed by atoms with Gasteiger partial charge < -0.3 is 0 Å². The number of benzene rings is 2. The minimum absolute atomic E-state index is 0.0647. The molecule has 4 nitrogen and oxygen atoms in total. The summed E-state index contributed by atoms with van der Waals surface area (Å²) in [6, 6.07) is 15.9. The quantitative estimate of drug-likeness (QED) is 0.365. The van der Waals surface area contributed by atoms with E-state index in [-0.39, 0.29) is 11.3 Å². The highest BCUT2D eigenvalue weighted by molar-refractivity contribution is 9.10. The summed E-state index contributed by atoms with van der Waals surface area (Å²) in [7, 11) is 0. The number of aromatic nitrogens is 2. The van der Waals surface area contributed by atoms with E-state index in [0.29, 0.717) is 10.7 Å². The van der Waals surface area contributed by atoms with Crippen LogP contribution >= 0.6 is 39.0 Å². The van der Waals surface area contributed by atoms with E-state index in [4.69, 9.17) is 0 Å². The Hall–Kier alpha value is -1.70. The molecule has 7 heteroatoms. The van der Waals surface area contributed by atoms with Crippen molar-refractivity contribution in [1.29, 1.82) is 0 Å². The Labute approximate surface area is 175 Å². The maximum absolute atomic E-state index is 12.4. The molecule has 2 aromatic carbocycles. The van der Waals surface area contributed by atoms with Gasteiger partial charge in [-0.15, -0.1) is 10.2 Å². The van der Waals surface area contributed by atoms with Gasteiger partial charge >= 0.3 is 0 Å². The molecule has 0 fully saturated rings. The number of carbonyl (C=O) groups is 1. The first-order chi connectivity index (χ1) is 12.8. The fourth-order valence-electron chi connectivity index (χ4n) is 2.34. The van der Waals surface area contributed by atoms with Crippen molar-refractivity contribution in [3.05, 3.63) is 69.7 Å². The second-order valence-electron chi connectivity index (χ2n) is 7.07. The molecule has 3 aromatic rings. The van der Waals surface area contributed by atoms with Gasteiger partial charge in [0.25, 0.3) is 5.91 Å². The van der Waals surface area contributed by atoms with E-state index in [9.17, 15) is 4.79 Å². The van der Waals surface area contributed by atoms with Crippen LogP contribution in [0.5, 0.6) is 0 Å². The third-order valence-corrected chi connectivity index (χ3v) is 6.49. The molecule has 0 radical (unpaired) electrons. The van der Waals surface area contributed by atoms with Crippen LogP contribution in [0.1, 0.15) is 42.3 Å². The molecule has 0 bridgehead atoms. The van der Waals surface area contributed by atoms with Crippen molar-refractivity contribution in [3.8, 4) is 0 Å². The van der Waals surface area contributed by atoms with Crippen molar-refractivity contribution in [1.82, 2.24) is 10.2 Å². The van der Waals surface area contributed by atoms with Crippen molar-refractivity contribution >= 4 is 50.1 Å². The maximum Gasteiger partial charge on any atom is 0.257 e. The lowest BCUT2D eigenvalue weighted by Crippen LogP contribution is -2.14. The largest absolute Gasteiger partial charge is 0.296 e. The van der Waals surface area contributed by atoms with Gasteiger partial charge in [0.2, 0.25) is 5.13 Å². The first kappa shape index (κ1) is 20.0. The molecule has 0 aliphatic carbocycles. The summed E-state index contributed by atoms with van der Waals surface area (Å²) in [4.78, 5) is 12.4. The van der Waals surface area contributed by atoms with Crippen LogP contribution in [0.2, 0.25) is 0 Å². The first-order valence-corrected chi connectivity index (χ1v) is 11.0. The van der Waals surface area contributed by atoms with E-state index >= 15 is 0 Å². The van der Waals surface area contributed by atoms with Gasteiger partial charge in [0.15, 0.2) is 4.34 Å². The smallest absolute Gasteiger partial charge is 0.257 e. The molecule has 0 atom stereocenters. The van der Waals surface area contributed by atoms with Crippen molar-refractivity contribution in [2.75, 3.05) is 5.32 Å². The summed E-state index contributed by atoms with van der Waals surface area (Å²) >= 11 is 6.42. The molecule has 0 unspecified atom stereocenters. The number of rotatable bonds is 5. The zero-order chi connectivity index (χ0) is 19.4. The minimum atomic E-state index is -0.170. The molecule has 1 aromatic heterocycles. The van der Waals surface area contributed by atoms with Gasteiger partial charge in [0.05, 0.1) is 0 Å². The van der Waals surface area contributed by atoms with Gasteiger partial charge in [-0.25, -0.2) is 0 Å². The summed E-state index contributed by atoms with van der Waals surface area (Å²) in [5.41, 5.74) is 3.08. The number of halogens is 1. The van der Waals surface area contributed by atoms with Crippen molar-refractivity contribution < 1.29 is 4.79 Å². The average molecular weight is 462 g/mol. The van der Waals surface area contributed by atoms with E-state index in [1.54, 1.807) is 11.8 Å². The fraction of sp³-hybridized carbons (Fsp3) is 0.250. The van der Waals surface area contributed by atoms with Crippen LogP contribution < -0.4 is 5.32 Å². The summed E-state index contributed by atoms with van der Waals surface area (Å²) in [6.07, 6.45) is 0. The number of anilines is 1. The van der Waals surface area contributed by atoms with E-state index in [0.717, 1.165) is 14.6 Å². The number of carbonyl (C=O) groups excluding carboxylic acids is 1. The Kier molecular flexibility index (Phi) is 6.34. The van der Waals surface area contributed by atoms with Crippen LogP contribution in [0.15, 0.2) is 57.3 Å². The second kappa shape index (κ2) is 8.54. The standard InChI is InChI=1S/C20H20BrN3OS2/c1-20(2,3)15-8-6-14(7-9-15)17(25)22-18-23-24-19(27-18)26-12-13-4-10-16(21)11-5-13/h4-11H,12H2,1-3H3,(H,22,23,25). The Bertz CT molecular complexity index is 916. The zero-order valence-electron chi connectivity index (χ0n) is 15.3. The molecule has 0 aliphatic heterocycles. The topological polar surface area (TPSA) is 54.9 Å². The molecule has 3 rings (SSSR count). The summed E-state index contributed by atoms with van der Waals surface area (Å²) < 4.78 is 1.89. The summed E-state index contributed by atoms with van der Waals surface area (Å²) in [5.74, 6) is 0.639. The maximum atomic E-state index is 12.4. The second-order valence-corrected chi connectivity index (χ2v) is 10.2. The normalized spacial score (nSPS) is 11.4. The molecule has 0 saturated carbocycles. The summed E-state index contributed by atoms with van der Waals surface area (Å²) in [6.45, 7) is 6.45. The third kappa shape index (κ3) is 5.64. The lowest BCUT2D eigenvalue weighted by atomic mass is 9.87. The molecule has 1 heterocycles. The first-order valence-electron chi connectivity index (χ1n) is 8.44. The predicted molar refractivity (Wildman–Crippen MR) is 117 cm³/mol. The number of hydrogen-bond acceptors (Lipinski definition) is 5. The van der Waals surface area contributed by atoms with Crippen LogP contribution in [-0.2, 0) is 11.2 Å². The highest BCUT2D eigenvalue weighted by atomic mass is 79.9. The fourth-order valence-corrected chi connectivity index (χ4v) is 4.30. The van der Waals surface area contributed by atoms with E-state index in [1.165, 1.54) is 22.5 Å². The molecular formula is C20H20BrN3OS2. The number of amides is 1. The lowest BCUT2D eigenvalue weighted by molar-refractivity contribution is 0.102. The lowest BCUT2D eigenvalue weighted by Gasteiger charge is -2.18. The van der Waals surface area contributed by atoms with Crippen molar-refractivity contribution in [2.24, 2.45) is 0 Å². The van der Waals surface area contributed by atoms with E-state index in [1.807, 2.05) is 36.4 Å². The zero-order valence-corrected chi connectivity index (χ0v) is 18.5. The van der Waals surface area contributed by atoms with Crippen molar-refractivity contribution in [3.63, 3.8) is 0 Å². The Balaban J connectivity index is 1.58. The van der Waals surface area contributed by atoms with Gasteiger partial charge in [0, 0.05) is 15.8 Å². The Morgan fingerprint density at radius 1 is 1.07 bits per heavy atom. The van der Waals surface area contributed by atoms with Crippen molar-refractivity contribution in [2.45, 2.75) is 36.3 Å². The van der Waals surface area contributed by atoms with Gasteiger partial charge in [-0.1, -0.05) is 84.1 Å². The number of nitrogens with one attached hydrogen (secondary N) is 1. The van der Waals surface area contributed by atoms with Gasteiger partial charge in [0.1, 0.15) is 0 Å². The van der Waals surface area contributed by atoms with Crippen LogP contribution in [0.3, 0.4) is 0 Å². The highest BCUT2D eigenvalue weighted by Gasteiger charge is 2.15. The number of thioether (sulfide) groups is 1. The summed E-state index contributed by atoms with van der Waals surface area (Å²) in [5, 5.41) is 11.6. The molecule has 0 saturated heterocycles. The minimum Gasteiger partial charge on any atom is -0.296 e. The van der Waals surface area contributed by atoms with Crippen LogP contribution in [-0.4, -0.2) is 16.1 Å². The average Bonchev–Trinajstić information content (AvgIpc) is 3.08. The third-order valence-electron chi connectivity index (χ3n) is 3.92. The Morgan fingerprint density at radius 3 is 2.37 bits per heavy atom. The Morgan fingerprint density at radius 2 is 1.74 bits per heavy atom.